The maximum Gasteiger partial charge on any atom is 0.268 e. The van der Waals surface area contributed by atoms with Crippen LogP contribution in [0.15, 0.2) is 0 Å². The molecular formula is C12H19NO5. The van der Waals surface area contributed by atoms with Crippen molar-refractivity contribution in [3.63, 3.8) is 0 Å². The van der Waals surface area contributed by atoms with Crippen LogP contribution in [0.4, 0.5) is 0 Å². The van der Waals surface area contributed by atoms with E-state index in [1.165, 1.54) is 6.42 Å². The Hall–Kier alpha value is -1.01. The molecular weight excluding hydrogens is 238 g/mol. The van der Waals surface area contributed by atoms with Gasteiger partial charge in [0.15, 0.2) is 5.79 Å². The molecule has 1 aliphatic heterocycles. The maximum absolute atomic E-state index is 11.2. The molecule has 102 valence electrons. The number of carbonyl (C=O) groups is 1. The van der Waals surface area contributed by atoms with Crippen molar-refractivity contribution < 1.29 is 19.2 Å². The van der Waals surface area contributed by atoms with Gasteiger partial charge < -0.3 is 14.3 Å². The van der Waals surface area contributed by atoms with Gasteiger partial charge in [0.1, 0.15) is 19.5 Å². The molecule has 2 aliphatic rings. The van der Waals surface area contributed by atoms with Gasteiger partial charge in [-0.2, -0.15) is 0 Å². The first-order chi connectivity index (χ1) is 8.63. The lowest BCUT2D eigenvalue weighted by atomic mass is 9.90. The summed E-state index contributed by atoms with van der Waals surface area (Å²) in [4.78, 5) is 21.2. The molecule has 0 bridgehead atoms. The van der Waals surface area contributed by atoms with Gasteiger partial charge in [-0.25, -0.2) is 0 Å². The zero-order chi connectivity index (χ0) is 13.1. The normalized spacial score (nSPS) is 25.8. The van der Waals surface area contributed by atoms with Gasteiger partial charge in [-0.15, -0.1) is 0 Å². The van der Waals surface area contributed by atoms with Gasteiger partial charge >= 0.3 is 0 Å². The number of aldehydes is 1. The molecule has 0 N–H and O–H groups in total. The molecule has 0 aromatic carbocycles. The fourth-order valence-electron chi connectivity index (χ4n) is 2.66. The van der Waals surface area contributed by atoms with Crippen LogP contribution in [0.2, 0.25) is 0 Å². The number of rotatable bonds is 4. The molecule has 1 saturated heterocycles. The topological polar surface area (TPSA) is 78.7 Å². The number of nitro groups is 1. The summed E-state index contributed by atoms with van der Waals surface area (Å²) >= 11 is 0. The van der Waals surface area contributed by atoms with Crippen LogP contribution in [-0.4, -0.2) is 35.7 Å². The Balaban J connectivity index is 2.00. The molecule has 0 aromatic heterocycles. The second kappa shape index (κ2) is 5.32. The van der Waals surface area contributed by atoms with E-state index in [1.807, 2.05) is 0 Å². The highest BCUT2D eigenvalue weighted by Gasteiger charge is 2.52. The molecule has 0 atom stereocenters. The molecule has 0 aromatic rings. The van der Waals surface area contributed by atoms with Crippen molar-refractivity contribution >= 4 is 6.29 Å². The second-order valence-corrected chi connectivity index (χ2v) is 5.24. The molecule has 2 fully saturated rings. The fourth-order valence-corrected chi connectivity index (χ4v) is 2.66. The number of hydrogen-bond acceptors (Lipinski definition) is 5. The van der Waals surface area contributed by atoms with Crippen LogP contribution in [-0.2, 0) is 14.3 Å². The van der Waals surface area contributed by atoms with E-state index in [4.69, 9.17) is 9.47 Å². The minimum atomic E-state index is -1.25. The third-order valence-corrected chi connectivity index (χ3v) is 3.94. The summed E-state index contributed by atoms with van der Waals surface area (Å²) in [5.41, 5.74) is -1.25. The van der Waals surface area contributed by atoms with Crippen molar-refractivity contribution in [3.8, 4) is 0 Å². The first-order valence-corrected chi connectivity index (χ1v) is 6.49. The lowest BCUT2D eigenvalue weighted by Gasteiger charge is -2.43. The molecule has 2 rings (SSSR count). The van der Waals surface area contributed by atoms with E-state index in [2.05, 4.69) is 0 Å². The average Bonchev–Trinajstić information content (AvgIpc) is 2.39. The Bertz CT molecular complexity index is 314. The third kappa shape index (κ3) is 2.54. The van der Waals surface area contributed by atoms with Crippen LogP contribution < -0.4 is 0 Å². The van der Waals surface area contributed by atoms with Gasteiger partial charge in [0, 0.05) is 30.6 Å². The highest BCUT2D eigenvalue weighted by atomic mass is 16.7. The quantitative estimate of drug-likeness (QED) is 0.435. The lowest BCUT2D eigenvalue weighted by molar-refractivity contribution is -0.598. The van der Waals surface area contributed by atoms with E-state index in [9.17, 15) is 14.9 Å². The summed E-state index contributed by atoms with van der Waals surface area (Å²) in [6.07, 6.45) is 5.93. The molecule has 0 unspecified atom stereocenters. The van der Waals surface area contributed by atoms with E-state index in [1.54, 1.807) is 0 Å². The Kier molecular flexibility index (Phi) is 3.97. The van der Waals surface area contributed by atoms with E-state index >= 15 is 0 Å². The molecule has 6 heteroatoms. The molecule has 18 heavy (non-hydrogen) atoms. The standard InChI is InChI=1S/C12H19NO5/c14-8-4-5-11(13(15)16)9-17-12(18-10-11)6-2-1-3-7-12/h8H,1-7,9-10H2. The summed E-state index contributed by atoms with van der Waals surface area (Å²) < 4.78 is 11.4. The van der Waals surface area contributed by atoms with Crippen LogP contribution in [0.1, 0.15) is 44.9 Å². The molecule has 1 spiro atoms. The molecule has 0 amide bonds. The summed E-state index contributed by atoms with van der Waals surface area (Å²) in [5, 5.41) is 11.2. The van der Waals surface area contributed by atoms with Crippen LogP contribution in [0.5, 0.6) is 0 Å². The predicted molar refractivity (Wildman–Crippen MR) is 62.7 cm³/mol. The monoisotopic (exact) mass is 257 g/mol. The van der Waals surface area contributed by atoms with Crippen molar-refractivity contribution in [3.05, 3.63) is 10.1 Å². The number of carbonyl (C=O) groups excluding carboxylic acids is 1. The van der Waals surface area contributed by atoms with Crippen molar-refractivity contribution in [1.29, 1.82) is 0 Å². The van der Waals surface area contributed by atoms with Crippen LogP contribution in [0.25, 0.3) is 0 Å². The van der Waals surface area contributed by atoms with E-state index in [0.717, 1.165) is 25.7 Å². The van der Waals surface area contributed by atoms with Crippen molar-refractivity contribution in [2.24, 2.45) is 0 Å². The zero-order valence-corrected chi connectivity index (χ0v) is 10.4. The van der Waals surface area contributed by atoms with Crippen molar-refractivity contribution in [2.75, 3.05) is 13.2 Å². The van der Waals surface area contributed by atoms with Gasteiger partial charge in [0.2, 0.25) is 0 Å². The SMILES string of the molecule is O=CCCC1([N+](=O)[O-])COC2(CCCCC2)OC1. The Labute approximate surface area is 106 Å². The lowest BCUT2D eigenvalue weighted by Crippen LogP contribution is -2.58. The predicted octanol–water partition coefficient (Wildman–Crippen LogP) is 1.69. The molecule has 1 aliphatic carbocycles. The fraction of sp³-hybridized carbons (Fsp3) is 0.917. The van der Waals surface area contributed by atoms with Crippen molar-refractivity contribution in [2.45, 2.75) is 56.3 Å². The Morgan fingerprint density at radius 2 is 1.78 bits per heavy atom. The van der Waals surface area contributed by atoms with Gasteiger partial charge in [-0.3, -0.25) is 10.1 Å². The highest BCUT2D eigenvalue weighted by molar-refractivity contribution is 5.49. The summed E-state index contributed by atoms with van der Waals surface area (Å²) in [5.74, 6) is -0.598. The number of nitrogens with zero attached hydrogens (tertiary/aromatic N) is 1. The Morgan fingerprint density at radius 1 is 1.17 bits per heavy atom. The first-order valence-electron chi connectivity index (χ1n) is 6.49. The largest absolute Gasteiger partial charge is 0.342 e. The van der Waals surface area contributed by atoms with Gasteiger partial charge in [-0.1, -0.05) is 6.42 Å². The Morgan fingerprint density at radius 3 is 2.28 bits per heavy atom. The smallest absolute Gasteiger partial charge is 0.268 e. The van der Waals surface area contributed by atoms with Gasteiger partial charge in [0.05, 0.1) is 0 Å². The molecule has 6 nitrogen and oxygen atoms in total. The van der Waals surface area contributed by atoms with Crippen molar-refractivity contribution in [1.82, 2.24) is 0 Å². The number of ether oxygens (including phenoxy) is 2. The summed E-state index contributed by atoms with van der Waals surface area (Å²) in [6.45, 7) is 0.0989. The molecule has 1 saturated carbocycles. The molecule has 1 heterocycles. The van der Waals surface area contributed by atoms with Crippen LogP contribution in [0, 0.1) is 10.1 Å². The highest BCUT2D eigenvalue weighted by Crippen LogP contribution is 2.38. The van der Waals surface area contributed by atoms with Gasteiger partial charge in [0.25, 0.3) is 5.54 Å². The average molecular weight is 257 g/mol. The van der Waals surface area contributed by atoms with E-state index in [-0.39, 0.29) is 31.0 Å². The zero-order valence-electron chi connectivity index (χ0n) is 10.4. The first kappa shape index (κ1) is 13.4. The summed E-state index contributed by atoms with van der Waals surface area (Å²) in [6, 6.07) is 0. The van der Waals surface area contributed by atoms with E-state index in [0.29, 0.717) is 6.29 Å². The summed E-state index contributed by atoms with van der Waals surface area (Å²) in [7, 11) is 0. The van der Waals surface area contributed by atoms with E-state index < -0.39 is 11.3 Å². The third-order valence-electron chi connectivity index (χ3n) is 3.94. The number of hydrogen-bond donors (Lipinski definition) is 0. The van der Waals surface area contributed by atoms with Crippen LogP contribution >= 0.6 is 0 Å². The maximum atomic E-state index is 11.2. The minimum absolute atomic E-state index is 0.0494. The van der Waals surface area contributed by atoms with Crippen LogP contribution in [0.3, 0.4) is 0 Å². The van der Waals surface area contributed by atoms with Gasteiger partial charge in [-0.05, 0) is 12.8 Å². The molecule has 0 radical (unpaired) electrons. The minimum Gasteiger partial charge on any atom is -0.342 e. The second-order valence-electron chi connectivity index (χ2n) is 5.24.